The number of ether oxygens (including phenoxy) is 1. The second-order valence-corrected chi connectivity index (χ2v) is 6.81. The maximum Gasteiger partial charge on any atom is 0.140 e. The van der Waals surface area contributed by atoms with Crippen molar-refractivity contribution in [3.8, 4) is 0 Å². The Bertz CT molecular complexity index is 904. The quantitative estimate of drug-likeness (QED) is 0.748. The van der Waals surface area contributed by atoms with E-state index in [-0.39, 0.29) is 11.9 Å². The Morgan fingerprint density at radius 3 is 2.67 bits per heavy atom. The van der Waals surface area contributed by atoms with Gasteiger partial charge in [-0.25, -0.2) is 14.4 Å². The van der Waals surface area contributed by atoms with Gasteiger partial charge in [-0.15, -0.1) is 0 Å². The second kappa shape index (κ2) is 7.98. The number of nitrogens with zero attached hydrogens (tertiary/aromatic N) is 3. The highest BCUT2D eigenvalue weighted by atomic mass is 19.1. The Morgan fingerprint density at radius 2 is 1.89 bits per heavy atom. The minimum Gasteiger partial charge on any atom is -0.379 e. The largest absolute Gasteiger partial charge is 0.379 e. The predicted octanol–water partition coefficient (Wildman–Crippen LogP) is 3.56. The lowest BCUT2D eigenvalue weighted by Crippen LogP contribution is -2.41. The van der Waals surface area contributed by atoms with Gasteiger partial charge in [-0.1, -0.05) is 35.9 Å². The van der Waals surface area contributed by atoms with E-state index < -0.39 is 0 Å². The van der Waals surface area contributed by atoms with E-state index in [1.165, 1.54) is 23.5 Å². The molecular weight excluding hydrogens is 343 g/mol. The normalized spacial score (nSPS) is 16.4. The summed E-state index contributed by atoms with van der Waals surface area (Å²) in [5.41, 5.74) is 3.07. The molecule has 27 heavy (non-hydrogen) atoms. The van der Waals surface area contributed by atoms with E-state index in [1.807, 2.05) is 0 Å². The number of hydrogen-bond donors (Lipinski definition) is 1. The summed E-state index contributed by atoms with van der Waals surface area (Å²) in [5.74, 6) is 0.220. The fourth-order valence-electron chi connectivity index (χ4n) is 3.53. The zero-order valence-electron chi connectivity index (χ0n) is 15.4. The van der Waals surface area contributed by atoms with Crippen LogP contribution in [0.4, 0.5) is 10.2 Å². The second-order valence-electron chi connectivity index (χ2n) is 6.81. The van der Waals surface area contributed by atoms with Crippen LogP contribution in [0.2, 0.25) is 0 Å². The highest BCUT2D eigenvalue weighted by Gasteiger charge is 2.23. The number of anilines is 1. The summed E-state index contributed by atoms with van der Waals surface area (Å²) in [4.78, 5) is 10.9. The number of benzene rings is 2. The molecule has 0 bridgehead atoms. The van der Waals surface area contributed by atoms with Crippen LogP contribution in [0.1, 0.15) is 17.2 Å². The minimum absolute atomic E-state index is 0.159. The molecular formula is C21H23FN4O. The smallest absolute Gasteiger partial charge is 0.140 e. The number of halogens is 1. The Morgan fingerprint density at radius 1 is 1.11 bits per heavy atom. The van der Waals surface area contributed by atoms with Crippen molar-refractivity contribution in [3.63, 3.8) is 0 Å². The standard InChI is InChI=1S/C21H23FN4O/c1-15-5-7-16(8-6-15)19(26-9-11-27-12-10-26)13-23-21-20-17(22)3-2-4-18(20)24-14-25-21/h2-8,14,19H,9-13H2,1H3,(H,23,24,25). The van der Waals surface area contributed by atoms with Crippen LogP contribution in [0.3, 0.4) is 0 Å². The molecule has 1 aliphatic heterocycles. The predicted molar refractivity (Wildman–Crippen MR) is 104 cm³/mol. The van der Waals surface area contributed by atoms with Crippen molar-refractivity contribution in [2.24, 2.45) is 0 Å². The van der Waals surface area contributed by atoms with E-state index in [1.54, 1.807) is 12.1 Å². The molecule has 1 unspecified atom stereocenters. The SMILES string of the molecule is Cc1ccc(C(CNc2ncnc3cccc(F)c23)N2CCOCC2)cc1. The van der Waals surface area contributed by atoms with Gasteiger partial charge in [0.15, 0.2) is 0 Å². The summed E-state index contributed by atoms with van der Waals surface area (Å²) >= 11 is 0. The highest BCUT2D eigenvalue weighted by molar-refractivity contribution is 5.89. The first-order valence-corrected chi connectivity index (χ1v) is 9.24. The molecule has 3 aromatic rings. The molecule has 5 nitrogen and oxygen atoms in total. The van der Waals surface area contributed by atoms with Gasteiger partial charge < -0.3 is 10.1 Å². The summed E-state index contributed by atoms with van der Waals surface area (Å²) < 4.78 is 19.9. The Hall–Kier alpha value is -2.57. The van der Waals surface area contributed by atoms with Crippen LogP contribution >= 0.6 is 0 Å². The summed E-state index contributed by atoms with van der Waals surface area (Å²) in [6.07, 6.45) is 1.47. The van der Waals surface area contributed by atoms with Crippen LogP contribution in [0.25, 0.3) is 10.9 Å². The molecule has 0 spiro atoms. The number of rotatable bonds is 5. The van der Waals surface area contributed by atoms with Gasteiger partial charge in [0.2, 0.25) is 0 Å². The van der Waals surface area contributed by atoms with Crippen molar-refractivity contribution in [2.45, 2.75) is 13.0 Å². The van der Waals surface area contributed by atoms with Gasteiger partial charge in [0.1, 0.15) is 18.0 Å². The number of aryl methyl sites for hydroxylation is 1. The van der Waals surface area contributed by atoms with E-state index in [0.717, 1.165) is 26.3 Å². The lowest BCUT2D eigenvalue weighted by Gasteiger charge is -2.35. The lowest BCUT2D eigenvalue weighted by molar-refractivity contribution is 0.0187. The maximum absolute atomic E-state index is 14.3. The number of fused-ring (bicyclic) bond motifs is 1. The third kappa shape index (κ3) is 3.91. The molecule has 1 aliphatic rings. The minimum atomic E-state index is -0.311. The maximum atomic E-state index is 14.3. The van der Waals surface area contributed by atoms with Gasteiger partial charge in [0.05, 0.1) is 30.2 Å². The van der Waals surface area contributed by atoms with Crippen molar-refractivity contribution < 1.29 is 9.13 Å². The van der Waals surface area contributed by atoms with Crippen LogP contribution in [0, 0.1) is 12.7 Å². The topological polar surface area (TPSA) is 50.3 Å². The van der Waals surface area contributed by atoms with E-state index in [2.05, 4.69) is 51.4 Å². The van der Waals surface area contributed by atoms with Crippen molar-refractivity contribution in [1.82, 2.24) is 14.9 Å². The monoisotopic (exact) mass is 366 g/mol. The van der Waals surface area contributed by atoms with E-state index >= 15 is 0 Å². The average molecular weight is 366 g/mol. The van der Waals surface area contributed by atoms with Crippen LogP contribution in [0.15, 0.2) is 48.8 Å². The van der Waals surface area contributed by atoms with Gasteiger partial charge in [-0.3, -0.25) is 4.90 Å². The van der Waals surface area contributed by atoms with Gasteiger partial charge in [0.25, 0.3) is 0 Å². The van der Waals surface area contributed by atoms with E-state index in [4.69, 9.17) is 4.74 Å². The van der Waals surface area contributed by atoms with E-state index in [0.29, 0.717) is 23.3 Å². The first-order valence-electron chi connectivity index (χ1n) is 9.24. The van der Waals surface area contributed by atoms with Gasteiger partial charge >= 0.3 is 0 Å². The van der Waals surface area contributed by atoms with Crippen molar-refractivity contribution in [3.05, 3.63) is 65.7 Å². The summed E-state index contributed by atoms with van der Waals surface area (Å²) in [5, 5.41) is 3.80. The molecule has 140 valence electrons. The average Bonchev–Trinajstić information content (AvgIpc) is 2.70. The molecule has 6 heteroatoms. The molecule has 2 heterocycles. The fourth-order valence-corrected chi connectivity index (χ4v) is 3.53. The zero-order valence-corrected chi connectivity index (χ0v) is 15.4. The molecule has 0 radical (unpaired) electrons. The fraction of sp³-hybridized carbons (Fsp3) is 0.333. The lowest BCUT2D eigenvalue weighted by atomic mass is 10.0. The first-order chi connectivity index (χ1) is 13.2. The number of aromatic nitrogens is 2. The summed E-state index contributed by atoms with van der Waals surface area (Å²) in [6.45, 7) is 5.92. The molecule has 1 N–H and O–H groups in total. The first kappa shape index (κ1) is 17.8. The number of morpholine rings is 1. The van der Waals surface area contributed by atoms with Crippen LogP contribution in [0.5, 0.6) is 0 Å². The van der Waals surface area contributed by atoms with Crippen molar-refractivity contribution >= 4 is 16.7 Å². The van der Waals surface area contributed by atoms with Crippen molar-refractivity contribution in [1.29, 1.82) is 0 Å². The summed E-state index contributed by atoms with van der Waals surface area (Å²) in [6, 6.07) is 13.6. The molecule has 1 atom stereocenters. The summed E-state index contributed by atoms with van der Waals surface area (Å²) in [7, 11) is 0. The Labute approximate surface area is 158 Å². The molecule has 1 saturated heterocycles. The third-order valence-corrected chi connectivity index (χ3v) is 5.02. The van der Waals surface area contributed by atoms with Gasteiger partial charge in [-0.05, 0) is 24.6 Å². The third-order valence-electron chi connectivity index (χ3n) is 5.02. The molecule has 0 saturated carbocycles. The van der Waals surface area contributed by atoms with Crippen molar-refractivity contribution in [2.75, 3.05) is 38.2 Å². The van der Waals surface area contributed by atoms with Crippen LogP contribution in [-0.4, -0.2) is 47.7 Å². The zero-order chi connectivity index (χ0) is 18.6. The number of hydrogen-bond acceptors (Lipinski definition) is 5. The molecule has 0 aliphatic carbocycles. The molecule has 0 amide bonds. The number of nitrogens with one attached hydrogen (secondary N) is 1. The molecule has 1 fully saturated rings. The highest BCUT2D eigenvalue weighted by Crippen LogP contribution is 2.26. The van der Waals surface area contributed by atoms with Crippen LogP contribution in [-0.2, 0) is 4.74 Å². The molecule has 4 rings (SSSR count). The Balaban J connectivity index is 1.61. The van der Waals surface area contributed by atoms with Crippen LogP contribution < -0.4 is 5.32 Å². The van der Waals surface area contributed by atoms with E-state index in [9.17, 15) is 4.39 Å². The Kier molecular flexibility index (Phi) is 5.27. The van der Waals surface area contributed by atoms with Gasteiger partial charge in [0, 0.05) is 19.6 Å². The molecule has 1 aromatic heterocycles. The van der Waals surface area contributed by atoms with Gasteiger partial charge in [-0.2, -0.15) is 0 Å². The molecule has 2 aromatic carbocycles.